The fourth-order valence-electron chi connectivity index (χ4n) is 4.27. The second-order valence-electron chi connectivity index (χ2n) is 8.60. The quantitative estimate of drug-likeness (QED) is 0.507. The number of nitrogens with two attached hydrogens (primary N) is 2. The number of pyridine rings is 2. The van der Waals surface area contributed by atoms with Crippen LogP contribution >= 0.6 is 0 Å². The fourth-order valence-corrected chi connectivity index (χ4v) is 4.27. The van der Waals surface area contributed by atoms with E-state index in [9.17, 15) is 4.79 Å². The lowest BCUT2D eigenvalue weighted by molar-refractivity contribution is -0.133. The van der Waals surface area contributed by atoms with E-state index in [1.807, 2.05) is 41.4 Å². The molecule has 2 fully saturated rings. The van der Waals surface area contributed by atoms with Crippen molar-refractivity contribution in [3.8, 4) is 11.3 Å². The Balaban J connectivity index is 1.25. The number of nitrogen functional groups attached to an aromatic ring is 1. The van der Waals surface area contributed by atoms with Gasteiger partial charge in [0.1, 0.15) is 5.52 Å². The van der Waals surface area contributed by atoms with Gasteiger partial charge in [0.15, 0.2) is 5.58 Å². The SMILES string of the molecule is Nc1nc2cc(-c3ccc4ncc(N5CCN(C(=O)C6(N)CC6)CC5)cc4n3)ccc2o1. The monoisotopic (exact) mass is 429 g/mol. The molecule has 4 N–H and O–H groups in total. The highest BCUT2D eigenvalue weighted by molar-refractivity contribution is 5.89. The minimum atomic E-state index is -0.603. The van der Waals surface area contributed by atoms with Gasteiger partial charge < -0.3 is 25.7 Å². The summed E-state index contributed by atoms with van der Waals surface area (Å²) in [5.74, 6) is 0.0888. The van der Waals surface area contributed by atoms with Crippen LogP contribution in [0.5, 0.6) is 0 Å². The Labute approximate surface area is 184 Å². The molecule has 3 aromatic heterocycles. The third-order valence-electron chi connectivity index (χ3n) is 6.37. The molecule has 0 unspecified atom stereocenters. The van der Waals surface area contributed by atoms with Gasteiger partial charge in [-0.3, -0.25) is 9.78 Å². The Morgan fingerprint density at radius 3 is 2.56 bits per heavy atom. The van der Waals surface area contributed by atoms with E-state index >= 15 is 0 Å². The zero-order valence-electron chi connectivity index (χ0n) is 17.5. The Hall–Kier alpha value is -3.72. The van der Waals surface area contributed by atoms with E-state index in [-0.39, 0.29) is 11.9 Å². The predicted octanol–water partition coefficient (Wildman–Crippen LogP) is 2.16. The lowest BCUT2D eigenvalue weighted by Crippen LogP contribution is -2.54. The van der Waals surface area contributed by atoms with E-state index in [1.165, 1.54) is 0 Å². The molecule has 9 heteroatoms. The maximum absolute atomic E-state index is 12.5. The Morgan fingerprint density at radius 2 is 1.78 bits per heavy atom. The number of benzene rings is 1. The number of aromatic nitrogens is 3. The molecule has 162 valence electrons. The van der Waals surface area contributed by atoms with Gasteiger partial charge in [0.2, 0.25) is 5.91 Å². The van der Waals surface area contributed by atoms with E-state index in [2.05, 4.69) is 20.9 Å². The van der Waals surface area contributed by atoms with Crippen LogP contribution in [0.1, 0.15) is 12.8 Å². The number of hydrogen-bond donors (Lipinski definition) is 2. The van der Waals surface area contributed by atoms with Gasteiger partial charge in [0.25, 0.3) is 6.01 Å². The van der Waals surface area contributed by atoms with Gasteiger partial charge in [0, 0.05) is 31.7 Å². The zero-order valence-corrected chi connectivity index (χ0v) is 17.5. The van der Waals surface area contributed by atoms with E-state index in [1.54, 1.807) is 0 Å². The second kappa shape index (κ2) is 6.89. The average Bonchev–Trinajstić information content (AvgIpc) is 3.46. The van der Waals surface area contributed by atoms with Crippen LogP contribution in [-0.4, -0.2) is 57.5 Å². The first-order valence-corrected chi connectivity index (χ1v) is 10.7. The van der Waals surface area contributed by atoms with Crippen molar-refractivity contribution in [1.29, 1.82) is 0 Å². The van der Waals surface area contributed by atoms with Crippen LogP contribution in [0.2, 0.25) is 0 Å². The first-order valence-electron chi connectivity index (χ1n) is 10.7. The summed E-state index contributed by atoms with van der Waals surface area (Å²) in [7, 11) is 0. The standard InChI is InChI=1S/C23H23N7O2/c24-22-28-19-11-14(1-4-20(19)32-22)16-2-3-17-18(27-16)12-15(13-26-17)29-7-9-30(10-8-29)21(31)23(25)5-6-23/h1-4,11-13H,5-10,25H2,(H2,24,28). The number of amides is 1. The molecule has 1 saturated carbocycles. The molecule has 0 bridgehead atoms. The second-order valence-corrected chi connectivity index (χ2v) is 8.60. The smallest absolute Gasteiger partial charge is 0.292 e. The fraction of sp³-hybridized carbons (Fsp3) is 0.304. The van der Waals surface area contributed by atoms with Gasteiger partial charge in [-0.2, -0.15) is 4.98 Å². The van der Waals surface area contributed by atoms with Crippen molar-refractivity contribution in [3.63, 3.8) is 0 Å². The average molecular weight is 429 g/mol. The van der Waals surface area contributed by atoms with Gasteiger partial charge in [-0.05, 0) is 49.2 Å². The van der Waals surface area contributed by atoms with Gasteiger partial charge in [-0.25, -0.2) is 4.98 Å². The van der Waals surface area contributed by atoms with Crippen molar-refractivity contribution in [3.05, 3.63) is 42.6 Å². The molecule has 1 aromatic carbocycles. The maximum Gasteiger partial charge on any atom is 0.292 e. The zero-order chi connectivity index (χ0) is 21.9. The molecule has 1 saturated heterocycles. The number of piperazine rings is 1. The molecule has 0 atom stereocenters. The summed E-state index contributed by atoms with van der Waals surface area (Å²) in [6, 6.07) is 11.8. The van der Waals surface area contributed by atoms with Crippen LogP contribution in [0.4, 0.5) is 11.7 Å². The van der Waals surface area contributed by atoms with Crippen molar-refractivity contribution in [2.24, 2.45) is 5.73 Å². The van der Waals surface area contributed by atoms with Crippen molar-refractivity contribution in [2.45, 2.75) is 18.4 Å². The van der Waals surface area contributed by atoms with Gasteiger partial charge in [0.05, 0.1) is 34.2 Å². The third-order valence-corrected chi connectivity index (χ3v) is 6.37. The maximum atomic E-state index is 12.5. The summed E-state index contributed by atoms with van der Waals surface area (Å²) < 4.78 is 5.36. The Bertz CT molecular complexity index is 1350. The number of fused-ring (bicyclic) bond motifs is 2. The summed E-state index contributed by atoms with van der Waals surface area (Å²) in [6.45, 7) is 2.84. The lowest BCUT2D eigenvalue weighted by Gasteiger charge is -2.37. The molecule has 1 aliphatic carbocycles. The lowest BCUT2D eigenvalue weighted by atomic mass is 10.1. The largest absolute Gasteiger partial charge is 0.424 e. The van der Waals surface area contributed by atoms with Crippen LogP contribution in [0.3, 0.4) is 0 Å². The van der Waals surface area contributed by atoms with E-state index < -0.39 is 5.54 Å². The number of rotatable bonds is 3. The van der Waals surface area contributed by atoms with Crippen LogP contribution in [0.25, 0.3) is 33.4 Å². The van der Waals surface area contributed by atoms with Crippen molar-refractivity contribution in [2.75, 3.05) is 36.8 Å². The van der Waals surface area contributed by atoms with Crippen molar-refractivity contribution in [1.82, 2.24) is 19.9 Å². The van der Waals surface area contributed by atoms with E-state index in [0.29, 0.717) is 24.2 Å². The summed E-state index contributed by atoms with van der Waals surface area (Å²) in [5, 5.41) is 0. The number of anilines is 2. The molecule has 4 aromatic rings. The first kappa shape index (κ1) is 19.0. The number of nitrogens with zero attached hydrogens (tertiary/aromatic N) is 5. The number of oxazole rings is 1. The predicted molar refractivity (Wildman–Crippen MR) is 122 cm³/mol. The summed E-state index contributed by atoms with van der Waals surface area (Å²) in [4.78, 5) is 30.3. The van der Waals surface area contributed by atoms with Crippen molar-refractivity contribution >= 4 is 39.7 Å². The topological polar surface area (TPSA) is 127 Å². The van der Waals surface area contributed by atoms with Crippen LogP contribution in [0.15, 0.2) is 47.0 Å². The highest BCUT2D eigenvalue weighted by Crippen LogP contribution is 2.34. The summed E-state index contributed by atoms with van der Waals surface area (Å²) >= 11 is 0. The third kappa shape index (κ3) is 3.21. The molecular formula is C23H23N7O2. The van der Waals surface area contributed by atoms with Gasteiger partial charge >= 0.3 is 0 Å². The first-order chi connectivity index (χ1) is 15.5. The van der Waals surface area contributed by atoms with Crippen molar-refractivity contribution < 1.29 is 9.21 Å². The molecule has 2 aliphatic rings. The highest BCUT2D eigenvalue weighted by atomic mass is 16.4. The number of hydrogen-bond acceptors (Lipinski definition) is 8. The minimum absolute atomic E-state index is 0.0888. The molecule has 32 heavy (non-hydrogen) atoms. The Morgan fingerprint density at radius 1 is 0.969 bits per heavy atom. The highest BCUT2D eigenvalue weighted by Gasteiger charge is 2.48. The number of carbonyl (C=O) groups is 1. The Kier molecular flexibility index (Phi) is 4.09. The van der Waals surface area contributed by atoms with Crippen LogP contribution < -0.4 is 16.4 Å². The molecule has 0 spiro atoms. The number of carbonyl (C=O) groups excluding carboxylic acids is 1. The van der Waals surface area contributed by atoms with E-state index in [4.69, 9.17) is 20.9 Å². The molecule has 6 rings (SSSR count). The molecular weight excluding hydrogens is 406 g/mol. The molecule has 9 nitrogen and oxygen atoms in total. The summed E-state index contributed by atoms with van der Waals surface area (Å²) in [6.07, 6.45) is 3.47. The van der Waals surface area contributed by atoms with Crippen LogP contribution in [-0.2, 0) is 4.79 Å². The molecule has 4 heterocycles. The van der Waals surface area contributed by atoms with Crippen LogP contribution in [0, 0.1) is 0 Å². The molecule has 1 amide bonds. The summed E-state index contributed by atoms with van der Waals surface area (Å²) in [5.41, 5.74) is 16.9. The minimum Gasteiger partial charge on any atom is -0.424 e. The molecule has 1 aliphatic heterocycles. The van der Waals surface area contributed by atoms with Gasteiger partial charge in [-0.1, -0.05) is 0 Å². The van der Waals surface area contributed by atoms with Gasteiger partial charge in [-0.15, -0.1) is 0 Å². The normalized spacial score (nSPS) is 17.8. The van der Waals surface area contributed by atoms with E-state index in [0.717, 1.165) is 53.9 Å². The molecule has 0 radical (unpaired) electrons.